The minimum Gasteiger partial charge on any atom is -0.459 e. The Bertz CT molecular complexity index is 705. The Morgan fingerprint density at radius 2 is 1.72 bits per heavy atom. The Morgan fingerprint density at radius 1 is 1.12 bits per heavy atom. The molecule has 138 valence electrons. The van der Waals surface area contributed by atoms with Crippen LogP contribution in [0.1, 0.15) is 37.0 Å². The number of amides is 1. The first kappa shape index (κ1) is 19.2. The van der Waals surface area contributed by atoms with Crippen molar-refractivity contribution in [3.8, 4) is 0 Å². The highest BCUT2D eigenvalue weighted by molar-refractivity contribution is 7.91. The van der Waals surface area contributed by atoms with Crippen LogP contribution in [0.5, 0.6) is 0 Å². The predicted molar refractivity (Wildman–Crippen MR) is 91.2 cm³/mol. The van der Waals surface area contributed by atoms with Gasteiger partial charge in [-0.3, -0.25) is 0 Å². The summed E-state index contributed by atoms with van der Waals surface area (Å²) in [6.07, 6.45) is 0.483. The molecule has 0 N–H and O–H groups in total. The number of esters is 1. The second-order valence-corrected chi connectivity index (χ2v) is 8.00. The Hall–Kier alpha value is -2.09. The van der Waals surface area contributed by atoms with Crippen LogP contribution in [0.25, 0.3) is 0 Å². The standard InChI is InChI=1S/C17H23NO6S/c1-3-23-17(20)18-11-9-14(10-12-18)24-16(19)13-5-7-15(8-6-13)25(21,22)4-2/h5-8,14H,3-4,9-12H2,1-2H3. The van der Waals surface area contributed by atoms with Gasteiger partial charge in [0.25, 0.3) is 0 Å². The highest BCUT2D eigenvalue weighted by Gasteiger charge is 2.26. The number of likely N-dealkylation sites (tertiary alicyclic amines) is 1. The van der Waals surface area contributed by atoms with Crippen LogP contribution in [0.4, 0.5) is 4.79 Å². The maximum atomic E-state index is 12.2. The van der Waals surface area contributed by atoms with Crippen molar-refractivity contribution in [2.45, 2.75) is 37.7 Å². The first-order chi connectivity index (χ1) is 11.9. The van der Waals surface area contributed by atoms with Gasteiger partial charge in [0, 0.05) is 25.9 Å². The van der Waals surface area contributed by atoms with Crippen LogP contribution < -0.4 is 0 Å². The van der Waals surface area contributed by atoms with Crippen LogP contribution in [0, 0.1) is 0 Å². The van der Waals surface area contributed by atoms with Gasteiger partial charge in [-0.05, 0) is 31.2 Å². The SMILES string of the molecule is CCOC(=O)N1CCC(OC(=O)c2ccc(S(=O)(=O)CC)cc2)CC1. The van der Waals surface area contributed by atoms with Crippen LogP contribution >= 0.6 is 0 Å². The quantitative estimate of drug-likeness (QED) is 0.740. The lowest BCUT2D eigenvalue weighted by Crippen LogP contribution is -2.41. The molecule has 0 saturated carbocycles. The number of nitrogens with zero attached hydrogens (tertiary/aromatic N) is 1. The largest absolute Gasteiger partial charge is 0.459 e. The van der Waals surface area contributed by atoms with E-state index >= 15 is 0 Å². The van der Waals surface area contributed by atoms with Crippen molar-refractivity contribution in [2.24, 2.45) is 0 Å². The number of hydrogen-bond donors (Lipinski definition) is 0. The molecular formula is C17H23NO6S. The number of rotatable bonds is 5. The summed E-state index contributed by atoms with van der Waals surface area (Å²) >= 11 is 0. The van der Waals surface area contributed by atoms with Crippen molar-refractivity contribution in [3.05, 3.63) is 29.8 Å². The summed E-state index contributed by atoms with van der Waals surface area (Å²) < 4.78 is 33.9. The van der Waals surface area contributed by atoms with Crippen molar-refractivity contribution in [2.75, 3.05) is 25.4 Å². The highest BCUT2D eigenvalue weighted by Crippen LogP contribution is 2.18. The monoisotopic (exact) mass is 369 g/mol. The van der Waals surface area contributed by atoms with Gasteiger partial charge in [0.1, 0.15) is 6.10 Å². The molecule has 1 amide bonds. The molecule has 1 saturated heterocycles. The number of piperidine rings is 1. The molecule has 0 aromatic heterocycles. The third-order valence-electron chi connectivity index (χ3n) is 4.07. The van der Waals surface area contributed by atoms with Gasteiger partial charge in [0.2, 0.25) is 0 Å². The van der Waals surface area contributed by atoms with E-state index in [1.165, 1.54) is 24.3 Å². The normalized spacial score (nSPS) is 15.7. The van der Waals surface area contributed by atoms with Crippen molar-refractivity contribution in [3.63, 3.8) is 0 Å². The van der Waals surface area contributed by atoms with Crippen molar-refractivity contribution in [1.29, 1.82) is 0 Å². The van der Waals surface area contributed by atoms with Gasteiger partial charge in [0.05, 0.1) is 22.8 Å². The molecule has 0 aliphatic carbocycles. The fourth-order valence-electron chi connectivity index (χ4n) is 2.56. The third kappa shape index (κ3) is 4.94. The lowest BCUT2D eigenvalue weighted by molar-refractivity contribution is 0.0108. The first-order valence-corrected chi connectivity index (χ1v) is 9.98. The molecule has 0 atom stereocenters. The van der Waals surface area contributed by atoms with Gasteiger partial charge in [-0.2, -0.15) is 0 Å². The summed E-state index contributed by atoms with van der Waals surface area (Å²) in [5.41, 5.74) is 0.308. The molecule has 1 aliphatic rings. The molecule has 0 spiro atoms. The van der Waals surface area contributed by atoms with Crippen molar-refractivity contribution >= 4 is 21.9 Å². The van der Waals surface area contributed by atoms with E-state index in [1.54, 1.807) is 18.7 Å². The molecule has 0 bridgehead atoms. The van der Waals surface area contributed by atoms with E-state index < -0.39 is 15.8 Å². The number of hydrogen-bond acceptors (Lipinski definition) is 6. The smallest absolute Gasteiger partial charge is 0.409 e. The molecule has 1 fully saturated rings. The fraction of sp³-hybridized carbons (Fsp3) is 0.529. The van der Waals surface area contributed by atoms with Crippen molar-refractivity contribution in [1.82, 2.24) is 4.90 Å². The Morgan fingerprint density at radius 3 is 2.24 bits per heavy atom. The van der Waals surface area contributed by atoms with E-state index in [0.29, 0.717) is 38.1 Å². The van der Waals surface area contributed by atoms with E-state index in [4.69, 9.17) is 9.47 Å². The molecule has 8 heteroatoms. The molecular weight excluding hydrogens is 346 g/mol. The molecule has 1 aromatic carbocycles. The van der Waals surface area contributed by atoms with E-state index in [2.05, 4.69) is 0 Å². The fourth-order valence-corrected chi connectivity index (χ4v) is 3.44. The zero-order valence-corrected chi connectivity index (χ0v) is 15.3. The van der Waals surface area contributed by atoms with Gasteiger partial charge < -0.3 is 14.4 Å². The summed E-state index contributed by atoms with van der Waals surface area (Å²) in [5, 5.41) is 0. The maximum Gasteiger partial charge on any atom is 0.409 e. The number of carbonyl (C=O) groups is 2. The minimum absolute atomic E-state index is 0.00975. The van der Waals surface area contributed by atoms with E-state index in [1.807, 2.05) is 0 Å². The molecule has 0 radical (unpaired) electrons. The Labute approximate surface area is 147 Å². The molecule has 1 aromatic rings. The van der Waals surface area contributed by atoms with Crippen LogP contribution in [0.15, 0.2) is 29.2 Å². The minimum atomic E-state index is -3.29. The topological polar surface area (TPSA) is 90.0 Å². The lowest BCUT2D eigenvalue weighted by Gasteiger charge is -2.30. The summed E-state index contributed by atoms with van der Waals surface area (Å²) in [7, 11) is -3.29. The molecule has 1 aliphatic heterocycles. The maximum absolute atomic E-state index is 12.2. The van der Waals surface area contributed by atoms with Gasteiger partial charge in [-0.1, -0.05) is 6.92 Å². The summed E-state index contributed by atoms with van der Waals surface area (Å²) in [6.45, 7) is 4.61. The Kier molecular flexibility index (Phi) is 6.41. The van der Waals surface area contributed by atoms with Crippen LogP contribution in [-0.4, -0.2) is 56.9 Å². The second-order valence-electron chi connectivity index (χ2n) is 5.72. The predicted octanol–water partition coefficient (Wildman–Crippen LogP) is 2.26. The van der Waals surface area contributed by atoms with E-state index in [0.717, 1.165) is 0 Å². The average molecular weight is 369 g/mol. The Balaban J connectivity index is 1.90. The third-order valence-corrected chi connectivity index (χ3v) is 5.82. The summed E-state index contributed by atoms with van der Waals surface area (Å²) in [5.74, 6) is -0.481. The first-order valence-electron chi connectivity index (χ1n) is 8.33. The number of sulfone groups is 1. The van der Waals surface area contributed by atoms with Crippen LogP contribution in [0.3, 0.4) is 0 Å². The van der Waals surface area contributed by atoms with Gasteiger partial charge >= 0.3 is 12.1 Å². The summed E-state index contributed by atoms with van der Waals surface area (Å²) in [4.78, 5) is 25.6. The summed E-state index contributed by atoms with van der Waals surface area (Å²) in [6, 6.07) is 5.74. The van der Waals surface area contributed by atoms with Gasteiger partial charge in [0.15, 0.2) is 9.84 Å². The van der Waals surface area contributed by atoms with Gasteiger partial charge in [-0.25, -0.2) is 18.0 Å². The van der Waals surface area contributed by atoms with E-state index in [-0.39, 0.29) is 22.8 Å². The highest BCUT2D eigenvalue weighted by atomic mass is 32.2. The lowest BCUT2D eigenvalue weighted by atomic mass is 10.1. The number of ether oxygens (including phenoxy) is 2. The van der Waals surface area contributed by atoms with Crippen LogP contribution in [-0.2, 0) is 19.3 Å². The van der Waals surface area contributed by atoms with Crippen molar-refractivity contribution < 1.29 is 27.5 Å². The molecule has 1 heterocycles. The average Bonchev–Trinajstić information content (AvgIpc) is 2.62. The zero-order chi connectivity index (χ0) is 18.4. The van der Waals surface area contributed by atoms with Crippen LogP contribution in [0.2, 0.25) is 0 Å². The molecule has 7 nitrogen and oxygen atoms in total. The van der Waals surface area contributed by atoms with E-state index in [9.17, 15) is 18.0 Å². The van der Waals surface area contributed by atoms with Gasteiger partial charge in [-0.15, -0.1) is 0 Å². The molecule has 0 unspecified atom stereocenters. The second kappa shape index (κ2) is 8.33. The molecule has 25 heavy (non-hydrogen) atoms. The number of carbonyl (C=O) groups excluding carboxylic acids is 2. The zero-order valence-electron chi connectivity index (χ0n) is 14.4. The molecule has 2 rings (SSSR count). The number of benzene rings is 1.